The third-order valence-electron chi connectivity index (χ3n) is 7.63. The molecule has 4 rings (SSSR count). The largest absolute Gasteiger partial charge is 0.458 e. The van der Waals surface area contributed by atoms with Crippen molar-refractivity contribution in [3.63, 3.8) is 0 Å². The van der Waals surface area contributed by atoms with Gasteiger partial charge in [0.05, 0.1) is 12.7 Å². The van der Waals surface area contributed by atoms with Crippen molar-refractivity contribution in [2.45, 2.75) is 76.2 Å². The first-order valence-electron chi connectivity index (χ1n) is 14.2. The maximum atomic E-state index is 11.6. The van der Waals surface area contributed by atoms with Crippen LogP contribution in [0.4, 0.5) is 0 Å². The maximum absolute atomic E-state index is 11.6. The molecule has 2 N–H and O–H groups in total. The predicted octanol–water partition coefficient (Wildman–Crippen LogP) is 3.30. The Hall–Kier alpha value is -2.21. The number of benzene rings is 2. The van der Waals surface area contributed by atoms with Crippen molar-refractivity contribution in [2.24, 2.45) is 5.92 Å². The zero-order chi connectivity index (χ0) is 31.1. The first kappa shape index (κ1) is 34.3. The zero-order valence-electron chi connectivity index (χ0n) is 24.9. The van der Waals surface area contributed by atoms with E-state index in [2.05, 4.69) is 69.3 Å². The minimum Gasteiger partial charge on any atom is -0.458 e. The van der Waals surface area contributed by atoms with Crippen molar-refractivity contribution in [1.82, 2.24) is 4.90 Å². The second-order valence-electron chi connectivity index (χ2n) is 11.6. The van der Waals surface area contributed by atoms with E-state index in [1.165, 1.54) is 34.0 Å². The van der Waals surface area contributed by atoms with Crippen LogP contribution in [-0.2, 0) is 23.9 Å². The van der Waals surface area contributed by atoms with Crippen LogP contribution in [0.3, 0.4) is 0 Å². The molecule has 0 aliphatic carbocycles. The van der Waals surface area contributed by atoms with Gasteiger partial charge in [-0.1, -0.05) is 88.4 Å². The number of amides is 2. The van der Waals surface area contributed by atoms with Gasteiger partial charge in [0.25, 0.3) is 0 Å². The van der Waals surface area contributed by atoms with Gasteiger partial charge in [0.1, 0.15) is 17.6 Å². The Morgan fingerprint density at radius 2 is 1.55 bits per heavy atom. The molecule has 2 aromatic carbocycles. The number of rotatable bonds is 8. The molecular formula is C31H42ClNO7SSi. The van der Waals surface area contributed by atoms with Crippen molar-refractivity contribution in [3.05, 3.63) is 60.7 Å². The molecule has 2 fully saturated rings. The fourth-order valence-electron chi connectivity index (χ4n) is 5.25. The monoisotopic (exact) mass is 635 g/mol. The molecule has 2 aliphatic rings. The molecule has 0 bridgehead atoms. The van der Waals surface area contributed by atoms with E-state index in [1.54, 1.807) is 6.92 Å². The molecule has 0 saturated carbocycles. The lowest BCUT2D eigenvalue weighted by atomic mass is 9.91. The Kier molecular flexibility index (Phi) is 12.2. The van der Waals surface area contributed by atoms with Crippen molar-refractivity contribution >= 4 is 58.4 Å². The van der Waals surface area contributed by atoms with Crippen LogP contribution in [0.1, 0.15) is 47.5 Å². The number of hydrogen-bond acceptors (Lipinski definition) is 8. The Labute approximate surface area is 258 Å². The van der Waals surface area contributed by atoms with Crippen LogP contribution in [0.25, 0.3) is 0 Å². The number of nitrogens with zero attached hydrogens (tertiary/aromatic N) is 1. The molecule has 5 unspecified atom stereocenters. The van der Waals surface area contributed by atoms with Crippen LogP contribution >= 0.6 is 22.8 Å². The number of aliphatic hydroxyl groups is 2. The second kappa shape index (κ2) is 15.0. The van der Waals surface area contributed by atoms with Crippen LogP contribution in [-0.4, -0.2) is 82.9 Å². The van der Waals surface area contributed by atoms with Crippen LogP contribution in [0.5, 0.6) is 0 Å². The highest BCUT2D eigenvalue weighted by Crippen LogP contribution is 2.38. The summed E-state index contributed by atoms with van der Waals surface area (Å²) in [4.78, 5) is 35.7. The van der Waals surface area contributed by atoms with E-state index in [0.29, 0.717) is 5.75 Å². The SMILES string of the molecule is CC(=O)OC1C(SCCN2C(=O)CCC2=O)OC(CO)C(O)C1C.CC(C)(C)[Si](Cl)(c1ccccc1)c1ccccc1. The molecule has 8 nitrogen and oxygen atoms in total. The van der Waals surface area contributed by atoms with Gasteiger partial charge in [-0.3, -0.25) is 19.3 Å². The van der Waals surface area contributed by atoms with Gasteiger partial charge in [-0.25, -0.2) is 0 Å². The molecule has 42 heavy (non-hydrogen) atoms. The van der Waals surface area contributed by atoms with E-state index in [-0.39, 0.29) is 42.8 Å². The maximum Gasteiger partial charge on any atom is 0.303 e. The molecule has 0 radical (unpaired) electrons. The molecule has 2 saturated heterocycles. The fourth-order valence-corrected chi connectivity index (χ4v) is 10.6. The number of ether oxygens (including phenoxy) is 2. The number of hydrogen-bond donors (Lipinski definition) is 2. The minimum absolute atomic E-state index is 0.0667. The van der Waals surface area contributed by atoms with Crippen molar-refractivity contribution < 1.29 is 34.1 Å². The number of halogens is 1. The highest BCUT2D eigenvalue weighted by atomic mass is 35.6. The second-order valence-corrected chi connectivity index (χ2v) is 18.5. The average molecular weight is 636 g/mol. The van der Waals surface area contributed by atoms with E-state index >= 15 is 0 Å². The molecule has 2 amide bonds. The van der Waals surface area contributed by atoms with E-state index in [4.69, 9.17) is 20.6 Å². The Morgan fingerprint density at radius 1 is 1.05 bits per heavy atom. The standard InChI is InChI=1S/C16H19ClSi.C15H23NO7S/c1-16(2,3)18(17,14-10-6-4-7-11-14)15-12-8-5-9-13-15;1-8-13(21)10(7-17)23-15(14(8)22-9(2)18)24-6-5-16-11(19)3-4-12(16)20/h4-13H,1-3H3;8,10,13-15,17,21H,3-7H2,1-2H3. The summed E-state index contributed by atoms with van der Waals surface area (Å²) in [6.45, 7) is 9.64. The molecule has 11 heteroatoms. The summed E-state index contributed by atoms with van der Waals surface area (Å²) in [6.07, 6.45) is -1.89. The predicted molar refractivity (Wildman–Crippen MR) is 168 cm³/mol. The molecule has 2 heterocycles. The van der Waals surface area contributed by atoms with Crippen molar-refractivity contribution in [1.29, 1.82) is 0 Å². The Bertz CT molecular complexity index is 1140. The lowest BCUT2D eigenvalue weighted by Gasteiger charge is -2.42. The fraction of sp³-hybridized carbons (Fsp3) is 0.516. The molecular weight excluding hydrogens is 594 g/mol. The van der Waals surface area contributed by atoms with Crippen LogP contribution in [0.15, 0.2) is 60.7 Å². The van der Waals surface area contributed by atoms with Gasteiger partial charge >= 0.3 is 5.97 Å². The molecule has 0 spiro atoms. The van der Waals surface area contributed by atoms with E-state index in [9.17, 15) is 24.6 Å². The topological polar surface area (TPSA) is 113 Å². The summed E-state index contributed by atoms with van der Waals surface area (Å²) in [7, 11) is -2.23. The molecule has 5 atom stereocenters. The summed E-state index contributed by atoms with van der Waals surface area (Å²) in [5.74, 6) is -0.841. The summed E-state index contributed by atoms with van der Waals surface area (Å²) < 4.78 is 10.9. The number of esters is 1. The molecule has 0 aromatic heterocycles. The zero-order valence-corrected chi connectivity index (χ0v) is 27.4. The van der Waals surface area contributed by atoms with Gasteiger partial charge in [0, 0.05) is 38.0 Å². The van der Waals surface area contributed by atoms with Gasteiger partial charge in [0.15, 0.2) is 0 Å². The summed E-state index contributed by atoms with van der Waals surface area (Å²) in [6, 6.07) is 21.1. The van der Waals surface area contributed by atoms with E-state index < -0.39 is 43.0 Å². The highest BCUT2D eigenvalue weighted by molar-refractivity contribution is 7.99. The van der Waals surface area contributed by atoms with Crippen LogP contribution in [0.2, 0.25) is 5.04 Å². The van der Waals surface area contributed by atoms with Gasteiger partial charge in [-0.2, -0.15) is 11.1 Å². The van der Waals surface area contributed by atoms with E-state index in [1.807, 2.05) is 12.1 Å². The first-order chi connectivity index (χ1) is 19.8. The smallest absolute Gasteiger partial charge is 0.303 e. The lowest BCUT2D eigenvalue weighted by molar-refractivity contribution is -0.197. The van der Waals surface area contributed by atoms with Gasteiger partial charge in [-0.05, 0) is 15.4 Å². The third kappa shape index (κ3) is 8.03. The van der Waals surface area contributed by atoms with Crippen molar-refractivity contribution in [2.75, 3.05) is 18.9 Å². The van der Waals surface area contributed by atoms with Gasteiger partial charge in [0.2, 0.25) is 19.2 Å². The summed E-state index contributed by atoms with van der Waals surface area (Å²) in [5, 5.41) is 22.1. The summed E-state index contributed by atoms with van der Waals surface area (Å²) >= 11 is 8.50. The molecule has 2 aromatic rings. The first-order valence-corrected chi connectivity index (χ1v) is 18.2. The lowest BCUT2D eigenvalue weighted by Crippen LogP contribution is -2.59. The summed E-state index contributed by atoms with van der Waals surface area (Å²) in [5.41, 5.74) is -0.586. The Morgan fingerprint density at radius 3 is 1.98 bits per heavy atom. The number of imide groups is 1. The normalized spacial score (nSPS) is 24.7. The van der Waals surface area contributed by atoms with Gasteiger partial charge in [-0.15, -0.1) is 11.8 Å². The number of thioether (sulfide) groups is 1. The third-order valence-corrected chi connectivity index (χ3v) is 16.1. The average Bonchev–Trinajstić information content (AvgIpc) is 3.29. The number of likely N-dealkylation sites (tertiary alicyclic amines) is 1. The Balaban J connectivity index is 0.000000240. The van der Waals surface area contributed by atoms with Crippen molar-refractivity contribution in [3.8, 4) is 0 Å². The number of carbonyl (C=O) groups is 3. The molecule has 230 valence electrons. The number of carbonyl (C=O) groups excluding carboxylic acids is 3. The van der Waals surface area contributed by atoms with E-state index in [0.717, 1.165) is 0 Å². The quantitative estimate of drug-likeness (QED) is 0.197. The van der Waals surface area contributed by atoms with Crippen LogP contribution in [0, 0.1) is 5.92 Å². The van der Waals surface area contributed by atoms with Gasteiger partial charge < -0.3 is 19.7 Å². The number of aliphatic hydroxyl groups excluding tert-OH is 2. The molecule has 2 aliphatic heterocycles. The van der Waals surface area contributed by atoms with Crippen LogP contribution < -0.4 is 10.4 Å². The highest BCUT2D eigenvalue weighted by Gasteiger charge is 2.47. The minimum atomic E-state index is -2.23.